The van der Waals surface area contributed by atoms with Gasteiger partial charge in [-0.2, -0.15) is 4.98 Å². The Bertz CT molecular complexity index is 1140. The van der Waals surface area contributed by atoms with E-state index in [-0.39, 0.29) is 18.3 Å². The zero-order valence-electron chi connectivity index (χ0n) is 16.6. The van der Waals surface area contributed by atoms with Crippen LogP contribution in [0.25, 0.3) is 11.4 Å². The van der Waals surface area contributed by atoms with Gasteiger partial charge in [0.1, 0.15) is 17.3 Å². The van der Waals surface area contributed by atoms with Gasteiger partial charge in [-0.1, -0.05) is 47.6 Å². The fourth-order valence-corrected chi connectivity index (χ4v) is 2.95. The summed E-state index contributed by atoms with van der Waals surface area (Å²) in [7, 11) is 0. The average Bonchev–Trinajstić information content (AvgIpc) is 3.28. The standard InChI is InChI=1S/C24H20FN3O3/c25-19-10-12-20(13-11-19)30-21-8-4-5-17(15-21)9-14-22(29)26-16-23-27-24(28-31-23)18-6-2-1-3-7-18/h1-8,10-13,15H,9,14,16H2,(H,26,29). The molecule has 1 aromatic heterocycles. The number of rotatable bonds is 8. The normalized spacial score (nSPS) is 10.6. The summed E-state index contributed by atoms with van der Waals surface area (Å²) in [6, 6.07) is 22.8. The van der Waals surface area contributed by atoms with Crippen molar-refractivity contribution in [3.8, 4) is 22.9 Å². The summed E-state index contributed by atoms with van der Waals surface area (Å²) in [5.41, 5.74) is 1.81. The molecule has 0 unspecified atom stereocenters. The minimum atomic E-state index is -0.316. The van der Waals surface area contributed by atoms with E-state index in [2.05, 4.69) is 15.5 Å². The number of carbonyl (C=O) groups is 1. The molecule has 1 N–H and O–H groups in total. The predicted octanol–water partition coefficient (Wildman–Crippen LogP) is 4.92. The summed E-state index contributed by atoms with van der Waals surface area (Å²) in [5, 5.41) is 6.73. The number of hydrogen-bond acceptors (Lipinski definition) is 5. The summed E-state index contributed by atoms with van der Waals surface area (Å²) < 4.78 is 23.9. The molecule has 1 heterocycles. The Kier molecular flexibility index (Phi) is 6.32. The molecule has 0 radical (unpaired) electrons. The zero-order valence-corrected chi connectivity index (χ0v) is 16.6. The van der Waals surface area contributed by atoms with Crippen molar-refractivity contribution in [2.75, 3.05) is 0 Å². The Balaban J connectivity index is 1.26. The minimum Gasteiger partial charge on any atom is -0.457 e. The van der Waals surface area contributed by atoms with Gasteiger partial charge in [-0.15, -0.1) is 0 Å². The van der Waals surface area contributed by atoms with Crippen LogP contribution in [0.5, 0.6) is 11.5 Å². The Morgan fingerprint density at radius 2 is 1.77 bits per heavy atom. The SMILES string of the molecule is O=C(CCc1cccc(Oc2ccc(F)cc2)c1)NCc1nc(-c2ccccc2)no1. The van der Waals surface area contributed by atoms with Crippen molar-refractivity contribution in [2.24, 2.45) is 0 Å². The van der Waals surface area contributed by atoms with E-state index in [0.717, 1.165) is 11.1 Å². The van der Waals surface area contributed by atoms with Gasteiger partial charge in [0.15, 0.2) is 0 Å². The molecule has 6 nitrogen and oxygen atoms in total. The lowest BCUT2D eigenvalue weighted by Crippen LogP contribution is -2.23. The second-order valence-corrected chi connectivity index (χ2v) is 6.86. The molecule has 3 aromatic carbocycles. The molecule has 7 heteroatoms. The van der Waals surface area contributed by atoms with Crippen LogP contribution in [-0.2, 0) is 17.8 Å². The lowest BCUT2D eigenvalue weighted by atomic mass is 10.1. The van der Waals surface area contributed by atoms with Crippen molar-refractivity contribution >= 4 is 5.91 Å². The van der Waals surface area contributed by atoms with Gasteiger partial charge in [-0.05, 0) is 48.4 Å². The van der Waals surface area contributed by atoms with Crippen LogP contribution in [-0.4, -0.2) is 16.0 Å². The minimum absolute atomic E-state index is 0.121. The van der Waals surface area contributed by atoms with Crippen molar-refractivity contribution in [3.63, 3.8) is 0 Å². The summed E-state index contributed by atoms with van der Waals surface area (Å²) in [6.07, 6.45) is 0.852. The van der Waals surface area contributed by atoms with E-state index >= 15 is 0 Å². The zero-order chi connectivity index (χ0) is 21.5. The van der Waals surface area contributed by atoms with Gasteiger partial charge in [0.05, 0.1) is 6.54 Å². The van der Waals surface area contributed by atoms with E-state index in [9.17, 15) is 9.18 Å². The van der Waals surface area contributed by atoms with Crippen LogP contribution in [0.2, 0.25) is 0 Å². The highest BCUT2D eigenvalue weighted by molar-refractivity contribution is 5.76. The molecule has 0 aliphatic rings. The second kappa shape index (κ2) is 9.67. The highest BCUT2D eigenvalue weighted by Crippen LogP contribution is 2.23. The molecule has 4 aromatic rings. The Morgan fingerprint density at radius 1 is 0.968 bits per heavy atom. The Hall–Kier alpha value is -4.00. The van der Waals surface area contributed by atoms with Crippen LogP contribution in [0.3, 0.4) is 0 Å². The molecule has 0 aliphatic carbocycles. The number of aromatic nitrogens is 2. The Labute approximate surface area is 178 Å². The fraction of sp³-hybridized carbons (Fsp3) is 0.125. The maximum Gasteiger partial charge on any atom is 0.246 e. The summed E-state index contributed by atoms with van der Waals surface area (Å²) in [6.45, 7) is 0.173. The number of nitrogens with zero attached hydrogens (tertiary/aromatic N) is 2. The predicted molar refractivity (Wildman–Crippen MR) is 113 cm³/mol. The quantitative estimate of drug-likeness (QED) is 0.440. The lowest BCUT2D eigenvalue weighted by Gasteiger charge is -2.08. The van der Waals surface area contributed by atoms with Gasteiger partial charge in [0.25, 0.3) is 0 Å². The molecule has 0 saturated heterocycles. The molecule has 0 aliphatic heterocycles. The maximum absolute atomic E-state index is 13.0. The van der Waals surface area contributed by atoms with Gasteiger partial charge < -0.3 is 14.6 Å². The molecule has 0 fully saturated rings. The van der Waals surface area contributed by atoms with E-state index in [1.807, 2.05) is 54.6 Å². The van der Waals surface area contributed by atoms with E-state index in [1.54, 1.807) is 12.1 Å². The van der Waals surface area contributed by atoms with Gasteiger partial charge in [0, 0.05) is 12.0 Å². The number of aryl methyl sites for hydroxylation is 1. The highest BCUT2D eigenvalue weighted by Gasteiger charge is 2.10. The lowest BCUT2D eigenvalue weighted by molar-refractivity contribution is -0.121. The van der Waals surface area contributed by atoms with E-state index in [1.165, 1.54) is 12.1 Å². The van der Waals surface area contributed by atoms with Crippen molar-refractivity contribution in [3.05, 3.63) is 96.1 Å². The van der Waals surface area contributed by atoms with Crippen LogP contribution in [0.4, 0.5) is 4.39 Å². The monoisotopic (exact) mass is 417 g/mol. The molecular formula is C24H20FN3O3. The third kappa shape index (κ3) is 5.76. The van der Waals surface area contributed by atoms with Crippen molar-refractivity contribution in [1.82, 2.24) is 15.5 Å². The van der Waals surface area contributed by atoms with Gasteiger partial charge in [-0.3, -0.25) is 4.79 Å². The number of hydrogen-bond donors (Lipinski definition) is 1. The number of carbonyl (C=O) groups excluding carboxylic acids is 1. The number of ether oxygens (including phenoxy) is 1. The molecule has 1 amide bonds. The van der Waals surface area contributed by atoms with Crippen LogP contribution < -0.4 is 10.1 Å². The van der Waals surface area contributed by atoms with Crippen molar-refractivity contribution < 1.29 is 18.4 Å². The summed E-state index contributed by atoms with van der Waals surface area (Å²) in [4.78, 5) is 16.5. The smallest absolute Gasteiger partial charge is 0.246 e. The molecule has 4 rings (SSSR count). The van der Waals surface area contributed by atoms with Gasteiger partial charge in [-0.25, -0.2) is 4.39 Å². The number of amides is 1. The maximum atomic E-state index is 13.0. The highest BCUT2D eigenvalue weighted by atomic mass is 19.1. The van der Waals surface area contributed by atoms with Crippen LogP contribution in [0.1, 0.15) is 17.9 Å². The molecule has 0 saturated carbocycles. The first-order chi connectivity index (χ1) is 15.2. The second-order valence-electron chi connectivity index (χ2n) is 6.86. The largest absolute Gasteiger partial charge is 0.457 e. The summed E-state index contributed by atoms with van der Waals surface area (Å²) >= 11 is 0. The first-order valence-corrected chi connectivity index (χ1v) is 9.83. The first-order valence-electron chi connectivity index (χ1n) is 9.83. The molecule has 31 heavy (non-hydrogen) atoms. The molecule has 0 bridgehead atoms. The van der Waals surface area contributed by atoms with Crippen LogP contribution >= 0.6 is 0 Å². The Morgan fingerprint density at radius 3 is 2.58 bits per heavy atom. The van der Waals surface area contributed by atoms with Gasteiger partial charge in [0.2, 0.25) is 17.6 Å². The number of halogens is 1. The van der Waals surface area contributed by atoms with Crippen LogP contribution in [0, 0.1) is 5.82 Å². The topological polar surface area (TPSA) is 77.2 Å². The summed E-state index contributed by atoms with van der Waals surface area (Å²) in [5.74, 6) is 1.58. The fourth-order valence-electron chi connectivity index (χ4n) is 2.95. The van der Waals surface area contributed by atoms with E-state index in [0.29, 0.717) is 36.1 Å². The van der Waals surface area contributed by atoms with E-state index < -0.39 is 0 Å². The average molecular weight is 417 g/mol. The first kappa shape index (κ1) is 20.3. The third-order valence-electron chi connectivity index (χ3n) is 4.53. The van der Waals surface area contributed by atoms with Crippen molar-refractivity contribution in [1.29, 1.82) is 0 Å². The molecular weight excluding hydrogens is 397 g/mol. The van der Waals surface area contributed by atoms with Crippen molar-refractivity contribution in [2.45, 2.75) is 19.4 Å². The van der Waals surface area contributed by atoms with Crippen LogP contribution in [0.15, 0.2) is 83.4 Å². The molecule has 156 valence electrons. The van der Waals surface area contributed by atoms with Gasteiger partial charge >= 0.3 is 0 Å². The molecule has 0 spiro atoms. The molecule has 0 atom stereocenters. The third-order valence-corrected chi connectivity index (χ3v) is 4.53. The van der Waals surface area contributed by atoms with E-state index in [4.69, 9.17) is 9.26 Å². The number of nitrogens with one attached hydrogen (secondary N) is 1. The number of benzene rings is 3.